The second-order valence-corrected chi connectivity index (χ2v) is 11.9. The predicted molar refractivity (Wildman–Crippen MR) is 158 cm³/mol. The number of rotatable bonds is 8. The van der Waals surface area contributed by atoms with Crippen LogP contribution in [0.25, 0.3) is 11.0 Å². The molecule has 1 saturated heterocycles. The van der Waals surface area contributed by atoms with Crippen LogP contribution >= 0.6 is 11.6 Å². The number of halogens is 1. The van der Waals surface area contributed by atoms with Crippen molar-refractivity contribution in [2.24, 2.45) is 11.8 Å². The number of carbonyl (C=O) groups excluding carboxylic acids is 3. The van der Waals surface area contributed by atoms with Gasteiger partial charge >= 0.3 is 0 Å². The van der Waals surface area contributed by atoms with Crippen LogP contribution in [0.4, 0.5) is 0 Å². The molecule has 222 valence electrons. The first kappa shape index (κ1) is 28.5. The maximum absolute atomic E-state index is 14.4. The van der Waals surface area contributed by atoms with Gasteiger partial charge in [-0.05, 0) is 62.4 Å². The van der Waals surface area contributed by atoms with Crippen LogP contribution in [0.1, 0.15) is 68.3 Å². The molecule has 0 unspecified atom stereocenters. The highest BCUT2D eigenvalue weighted by atomic mass is 35.5. The number of likely N-dealkylation sites (tertiary alicyclic amines) is 1. The molecule has 0 spiro atoms. The van der Waals surface area contributed by atoms with Crippen LogP contribution in [0.5, 0.6) is 5.75 Å². The zero-order chi connectivity index (χ0) is 29.2. The molecule has 6 rings (SSSR count). The van der Waals surface area contributed by atoms with Crippen LogP contribution in [0, 0.1) is 11.8 Å². The molecule has 10 heteroatoms. The van der Waals surface area contributed by atoms with E-state index in [-0.39, 0.29) is 30.2 Å². The number of para-hydroxylation sites is 1. The third-order valence-corrected chi connectivity index (χ3v) is 9.36. The number of ether oxygens (including phenoxy) is 1. The molecule has 3 aromatic rings. The summed E-state index contributed by atoms with van der Waals surface area (Å²) in [5.41, 5.74) is 3.13. The quantitative estimate of drug-likeness (QED) is 0.392. The smallest absolute Gasteiger partial charge is 0.227 e. The highest BCUT2D eigenvalue weighted by Crippen LogP contribution is 2.43. The normalized spacial score (nSPS) is 22.3. The summed E-state index contributed by atoms with van der Waals surface area (Å²) in [6.45, 7) is 4.09. The maximum Gasteiger partial charge on any atom is 0.227 e. The van der Waals surface area contributed by atoms with Gasteiger partial charge in [-0.25, -0.2) is 0 Å². The average molecular weight is 593 g/mol. The standard InChI is InChI=1S/C32H37ClN4O5/c1-2-34-31(39)20-8-3-4-9-21(20)32(40)37-17-15-22-24(33)13-14-28(30(22)26(37)18-36-16-7-12-29(36)38)41-19-25-23-10-5-6-11-27(23)42-35-25/h5-6,10-11,13-14,20-21,26H,2-4,7-9,12,15-19H2,1H3,(H,34,39)/t20-,21+,26+/m0/s1. The van der Waals surface area contributed by atoms with Crippen molar-refractivity contribution in [3.63, 3.8) is 0 Å². The molecule has 2 fully saturated rings. The van der Waals surface area contributed by atoms with Crippen molar-refractivity contribution in [3.05, 3.63) is 58.2 Å². The van der Waals surface area contributed by atoms with E-state index >= 15 is 0 Å². The van der Waals surface area contributed by atoms with Gasteiger partial charge in [0.1, 0.15) is 18.1 Å². The average Bonchev–Trinajstić information content (AvgIpc) is 3.62. The molecule has 3 amide bonds. The van der Waals surface area contributed by atoms with E-state index in [1.54, 1.807) is 0 Å². The molecule has 0 bridgehead atoms. The Bertz CT molecular complexity index is 1490. The SMILES string of the molecule is CCNC(=O)[C@H]1CCCC[C@H]1C(=O)N1CCc2c(Cl)ccc(OCc3noc4ccccc34)c2[C@H]1CN1CCCC1=O. The molecule has 3 heterocycles. The van der Waals surface area contributed by atoms with E-state index < -0.39 is 12.0 Å². The summed E-state index contributed by atoms with van der Waals surface area (Å²) in [5, 5.41) is 8.65. The number of fused-ring (bicyclic) bond motifs is 2. The first-order valence-electron chi connectivity index (χ1n) is 15.1. The molecule has 0 radical (unpaired) electrons. The van der Waals surface area contributed by atoms with E-state index in [2.05, 4.69) is 10.5 Å². The fraction of sp³-hybridized carbons (Fsp3) is 0.500. The van der Waals surface area contributed by atoms with Crippen molar-refractivity contribution in [2.45, 2.75) is 64.5 Å². The van der Waals surface area contributed by atoms with Crippen molar-refractivity contribution in [1.82, 2.24) is 20.3 Å². The van der Waals surface area contributed by atoms with Gasteiger partial charge < -0.3 is 24.4 Å². The summed E-state index contributed by atoms with van der Waals surface area (Å²) in [5.74, 6) is -0.121. The van der Waals surface area contributed by atoms with Crippen LogP contribution in [-0.2, 0) is 27.4 Å². The summed E-state index contributed by atoms with van der Waals surface area (Å²) in [4.78, 5) is 43.9. The minimum Gasteiger partial charge on any atom is -0.487 e. The number of hydrogen-bond donors (Lipinski definition) is 1. The number of aromatic nitrogens is 1. The molecule has 2 aromatic carbocycles. The van der Waals surface area contributed by atoms with Gasteiger partial charge in [-0.15, -0.1) is 0 Å². The minimum atomic E-state index is -0.442. The Balaban J connectivity index is 1.35. The Morgan fingerprint density at radius 3 is 2.67 bits per heavy atom. The summed E-state index contributed by atoms with van der Waals surface area (Å²) in [6, 6.07) is 10.9. The lowest BCUT2D eigenvalue weighted by Gasteiger charge is -2.43. The number of nitrogens with zero attached hydrogens (tertiary/aromatic N) is 3. The molecule has 3 aliphatic rings. The molecule has 42 heavy (non-hydrogen) atoms. The van der Waals surface area contributed by atoms with Gasteiger partial charge in [-0.3, -0.25) is 14.4 Å². The molecule has 1 aromatic heterocycles. The number of carbonyl (C=O) groups is 3. The molecule has 1 aliphatic carbocycles. The van der Waals surface area contributed by atoms with E-state index in [0.717, 1.165) is 35.8 Å². The Hall–Kier alpha value is -3.59. The molecule has 3 atom stereocenters. The van der Waals surface area contributed by atoms with Crippen molar-refractivity contribution in [1.29, 1.82) is 0 Å². The van der Waals surface area contributed by atoms with Crippen LogP contribution in [0.2, 0.25) is 5.02 Å². The first-order valence-corrected chi connectivity index (χ1v) is 15.5. The lowest BCUT2D eigenvalue weighted by Crippen LogP contribution is -2.51. The second-order valence-electron chi connectivity index (χ2n) is 11.5. The lowest BCUT2D eigenvalue weighted by molar-refractivity contribution is -0.147. The Kier molecular flexibility index (Phi) is 8.38. The number of nitrogens with one attached hydrogen (secondary N) is 1. The number of hydrogen-bond acceptors (Lipinski definition) is 6. The lowest BCUT2D eigenvalue weighted by atomic mass is 9.77. The summed E-state index contributed by atoms with van der Waals surface area (Å²) in [7, 11) is 0. The Morgan fingerprint density at radius 2 is 1.88 bits per heavy atom. The van der Waals surface area contributed by atoms with E-state index in [0.29, 0.717) is 73.9 Å². The molecular weight excluding hydrogens is 556 g/mol. The third kappa shape index (κ3) is 5.46. The highest BCUT2D eigenvalue weighted by Gasteiger charge is 2.43. The monoisotopic (exact) mass is 592 g/mol. The maximum atomic E-state index is 14.4. The summed E-state index contributed by atoms with van der Waals surface area (Å²) < 4.78 is 11.9. The zero-order valence-corrected chi connectivity index (χ0v) is 24.7. The molecule has 1 N–H and O–H groups in total. The summed E-state index contributed by atoms with van der Waals surface area (Å²) in [6.07, 6.45) is 5.10. The molecule has 9 nitrogen and oxygen atoms in total. The number of amides is 3. The van der Waals surface area contributed by atoms with Gasteiger partial charge in [0, 0.05) is 60.4 Å². The van der Waals surface area contributed by atoms with Crippen molar-refractivity contribution in [3.8, 4) is 5.75 Å². The molecule has 2 aliphatic heterocycles. The minimum absolute atomic E-state index is 0.0262. The van der Waals surface area contributed by atoms with Crippen molar-refractivity contribution >= 4 is 40.3 Å². The van der Waals surface area contributed by atoms with Crippen molar-refractivity contribution in [2.75, 3.05) is 26.2 Å². The molecule has 1 saturated carbocycles. The van der Waals surface area contributed by atoms with E-state index in [4.69, 9.17) is 20.9 Å². The van der Waals surface area contributed by atoms with Gasteiger partial charge in [-0.2, -0.15) is 0 Å². The first-order chi connectivity index (χ1) is 20.5. The van der Waals surface area contributed by atoms with Crippen LogP contribution in [0.15, 0.2) is 40.9 Å². The third-order valence-electron chi connectivity index (χ3n) is 9.01. The highest BCUT2D eigenvalue weighted by molar-refractivity contribution is 6.31. The molecular formula is C32H37ClN4O5. The van der Waals surface area contributed by atoms with Gasteiger partial charge in [-0.1, -0.05) is 41.7 Å². The van der Waals surface area contributed by atoms with Gasteiger partial charge in [0.15, 0.2) is 5.58 Å². The zero-order valence-electron chi connectivity index (χ0n) is 23.9. The fourth-order valence-corrected chi connectivity index (χ4v) is 7.17. The number of benzene rings is 2. The van der Waals surface area contributed by atoms with Gasteiger partial charge in [0.05, 0.1) is 6.04 Å². The van der Waals surface area contributed by atoms with Gasteiger partial charge in [0.2, 0.25) is 17.7 Å². The van der Waals surface area contributed by atoms with Crippen LogP contribution in [0.3, 0.4) is 0 Å². The van der Waals surface area contributed by atoms with Crippen LogP contribution < -0.4 is 10.1 Å². The van der Waals surface area contributed by atoms with E-state index in [1.807, 2.05) is 53.1 Å². The van der Waals surface area contributed by atoms with Gasteiger partial charge in [0.25, 0.3) is 0 Å². The van der Waals surface area contributed by atoms with Crippen molar-refractivity contribution < 1.29 is 23.6 Å². The summed E-state index contributed by atoms with van der Waals surface area (Å²) >= 11 is 6.76. The predicted octanol–water partition coefficient (Wildman–Crippen LogP) is 5.05. The van der Waals surface area contributed by atoms with Crippen LogP contribution in [-0.4, -0.2) is 58.9 Å². The van der Waals surface area contributed by atoms with E-state index in [1.165, 1.54) is 0 Å². The fourth-order valence-electron chi connectivity index (χ4n) is 6.91. The Morgan fingerprint density at radius 1 is 1.07 bits per heavy atom. The largest absolute Gasteiger partial charge is 0.487 e. The topological polar surface area (TPSA) is 105 Å². The second kappa shape index (κ2) is 12.3. The van der Waals surface area contributed by atoms with E-state index in [9.17, 15) is 14.4 Å². The Labute approximate surface area is 250 Å².